The lowest BCUT2D eigenvalue weighted by Gasteiger charge is -2.24. The van der Waals surface area contributed by atoms with Gasteiger partial charge in [0.15, 0.2) is 0 Å². The number of hydrogen-bond acceptors (Lipinski definition) is 2. The fourth-order valence-corrected chi connectivity index (χ4v) is 3.03. The Labute approximate surface area is 116 Å². The summed E-state index contributed by atoms with van der Waals surface area (Å²) in [6.45, 7) is 2.00. The molecule has 3 unspecified atom stereocenters. The molecule has 3 atom stereocenters. The Bertz CT molecular complexity index is 413. The molecule has 0 radical (unpaired) electrons. The monoisotopic (exact) mass is 315 g/mol. The van der Waals surface area contributed by atoms with Crippen LogP contribution in [-0.4, -0.2) is 19.3 Å². The third-order valence-electron chi connectivity index (χ3n) is 3.64. The summed E-state index contributed by atoms with van der Waals surface area (Å²) in [6.07, 6.45) is 3.60. The van der Waals surface area contributed by atoms with Crippen LogP contribution in [0.25, 0.3) is 0 Å². The van der Waals surface area contributed by atoms with Crippen LogP contribution in [0.15, 0.2) is 22.7 Å². The highest BCUT2D eigenvalue weighted by Gasteiger charge is 2.28. The van der Waals surface area contributed by atoms with Crippen molar-refractivity contribution in [3.8, 4) is 0 Å². The minimum absolute atomic E-state index is 0.0109. The molecule has 0 saturated heterocycles. The van der Waals surface area contributed by atoms with Gasteiger partial charge in [-0.2, -0.15) is 0 Å². The topological polar surface area (TPSA) is 21.3 Å². The molecule has 2 nitrogen and oxygen atoms in total. The predicted molar refractivity (Wildman–Crippen MR) is 74.1 cm³/mol. The molecule has 0 aromatic heterocycles. The maximum atomic E-state index is 13.8. The quantitative estimate of drug-likeness (QED) is 0.912. The molecule has 0 heterocycles. The summed E-state index contributed by atoms with van der Waals surface area (Å²) in [5.41, 5.74) is 0.700. The predicted octanol–water partition coefficient (Wildman–Crippen LogP) is 3.81. The number of benzene rings is 1. The Balaban J connectivity index is 2.07. The molecule has 1 aliphatic rings. The van der Waals surface area contributed by atoms with E-state index in [0.29, 0.717) is 11.6 Å². The third-order valence-corrected chi connectivity index (χ3v) is 4.14. The molecule has 0 spiro atoms. The van der Waals surface area contributed by atoms with Gasteiger partial charge in [-0.1, -0.05) is 15.9 Å². The molecular weight excluding hydrogens is 297 g/mol. The Morgan fingerprint density at radius 2 is 2.22 bits per heavy atom. The first kappa shape index (κ1) is 14.0. The Hall–Kier alpha value is -0.450. The smallest absolute Gasteiger partial charge is 0.128 e. The molecule has 1 N–H and O–H groups in total. The lowest BCUT2D eigenvalue weighted by molar-refractivity contribution is 0.0818. The maximum absolute atomic E-state index is 13.8. The molecule has 100 valence electrons. The zero-order valence-corrected chi connectivity index (χ0v) is 12.3. The minimum Gasteiger partial charge on any atom is -0.380 e. The van der Waals surface area contributed by atoms with E-state index in [4.69, 9.17) is 4.74 Å². The molecule has 0 aliphatic heterocycles. The average molecular weight is 316 g/mol. The van der Waals surface area contributed by atoms with Crippen molar-refractivity contribution in [2.45, 2.75) is 44.4 Å². The van der Waals surface area contributed by atoms with Gasteiger partial charge >= 0.3 is 0 Å². The molecule has 1 fully saturated rings. The summed E-state index contributed by atoms with van der Waals surface area (Å²) >= 11 is 3.38. The van der Waals surface area contributed by atoms with Crippen LogP contribution >= 0.6 is 15.9 Å². The number of halogens is 2. The first-order valence-corrected chi connectivity index (χ1v) is 7.15. The van der Waals surface area contributed by atoms with Gasteiger partial charge in [0.2, 0.25) is 0 Å². The van der Waals surface area contributed by atoms with Crippen molar-refractivity contribution in [1.29, 1.82) is 0 Å². The number of methoxy groups -OCH3 is 1. The van der Waals surface area contributed by atoms with Gasteiger partial charge in [0.25, 0.3) is 0 Å². The van der Waals surface area contributed by atoms with Crippen molar-refractivity contribution >= 4 is 15.9 Å². The molecule has 2 rings (SSSR count). The van der Waals surface area contributed by atoms with E-state index >= 15 is 0 Å². The largest absolute Gasteiger partial charge is 0.380 e. The molecule has 1 aliphatic carbocycles. The van der Waals surface area contributed by atoms with Gasteiger partial charge < -0.3 is 10.1 Å². The van der Waals surface area contributed by atoms with Gasteiger partial charge in [-0.3, -0.25) is 0 Å². The summed E-state index contributed by atoms with van der Waals surface area (Å²) < 4.78 is 20.1. The van der Waals surface area contributed by atoms with Crippen molar-refractivity contribution in [3.63, 3.8) is 0 Å². The van der Waals surface area contributed by atoms with Gasteiger partial charge in [0.05, 0.1) is 6.10 Å². The van der Waals surface area contributed by atoms with Crippen LogP contribution in [-0.2, 0) is 4.74 Å². The van der Waals surface area contributed by atoms with E-state index in [2.05, 4.69) is 21.2 Å². The summed E-state index contributed by atoms with van der Waals surface area (Å²) in [5.74, 6) is -0.162. The normalized spacial score (nSPS) is 25.3. The lowest BCUT2D eigenvalue weighted by Crippen LogP contribution is -2.38. The van der Waals surface area contributed by atoms with E-state index in [9.17, 15) is 4.39 Å². The standard InChI is InChI=1S/C14H19BrFNO/c1-9(11-8-10(15)6-7-12(11)16)17-13-4-3-5-14(13)18-2/h6-9,13-14,17H,3-5H2,1-2H3. The van der Waals surface area contributed by atoms with Gasteiger partial charge in [-0.15, -0.1) is 0 Å². The van der Waals surface area contributed by atoms with E-state index < -0.39 is 0 Å². The van der Waals surface area contributed by atoms with Crippen molar-refractivity contribution in [2.75, 3.05) is 7.11 Å². The average Bonchev–Trinajstić information content (AvgIpc) is 2.79. The van der Waals surface area contributed by atoms with Crippen LogP contribution in [0.5, 0.6) is 0 Å². The second kappa shape index (κ2) is 6.13. The second-order valence-corrected chi connectivity index (χ2v) is 5.78. The molecule has 18 heavy (non-hydrogen) atoms. The van der Waals surface area contributed by atoms with Crippen LogP contribution < -0.4 is 5.32 Å². The molecule has 4 heteroatoms. The molecule has 1 aromatic rings. The van der Waals surface area contributed by atoms with Crippen molar-refractivity contribution in [1.82, 2.24) is 5.32 Å². The fraction of sp³-hybridized carbons (Fsp3) is 0.571. The number of ether oxygens (including phenoxy) is 1. The van der Waals surface area contributed by atoms with E-state index in [1.807, 2.05) is 13.0 Å². The molecule has 0 amide bonds. The van der Waals surface area contributed by atoms with Crippen LogP contribution in [0.2, 0.25) is 0 Å². The summed E-state index contributed by atoms with van der Waals surface area (Å²) in [5, 5.41) is 3.48. The lowest BCUT2D eigenvalue weighted by atomic mass is 10.1. The number of hydrogen-bond donors (Lipinski definition) is 1. The Morgan fingerprint density at radius 3 is 2.94 bits per heavy atom. The minimum atomic E-state index is -0.162. The molecule has 0 bridgehead atoms. The van der Waals surface area contributed by atoms with Gasteiger partial charge in [0, 0.05) is 29.2 Å². The summed E-state index contributed by atoms with van der Waals surface area (Å²) in [4.78, 5) is 0. The molecule has 1 saturated carbocycles. The van der Waals surface area contributed by atoms with E-state index in [0.717, 1.165) is 17.3 Å². The summed E-state index contributed by atoms with van der Waals surface area (Å²) in [6, 6.07) is 5.37. The Kier molecular flexibility index (Phi) is 4.76. The maximum Gasteiger partial charge on any atom is 0.128 e. The van der Waals surface area contributed by atoms with Crippen molar-refractivity contribution in [3.05, 3.63) is 34.1 Å². The molecule has 1 aromatic carbocycles. The van der Waals surface area contributed by atoms with Crippen LogP contribution in [0, 0.1) is 5.82 Å². The summed E-state index contributed by atoms with van der Waals surface area (Å²) in [7, 11) is 1.75. The van der Waals surface area contributed by atoms with E-state index in [-0.39, 0.29) is 18.0 Å². The third kappa shape index (κ3) is 3.11. The van der Waals surface area contributed by atoms with Gasteiger partial charge in [-0.25, -0.2) is 4.39 Å². The zero-order chi connectivity index (χ0) is 13.1. The zero-order valence-electron chi connectivity index (χ0n) is 10.7. The highest BCUT2D eigenvalue weighted by atomic mass is 79.9. The highest BCUT2D eigenvalue weighted by Crippen LogP contribution is 2.26. The van der Waals surface area contributed by atoms with Crippen molar-refractivity contribution in [2.24, 2.45) is 0 Å². The van der Waals surface area contributed by atoms with Crippen LogP contribution in [0.1, 0.15) is 37.8 Å². The van der Waals surface area contributed by atoms with Crippen LogP contribution in [0.4, 0.5) is 4.39 Å². The first-order chi connectivity index (χ1) is 8.61. The highest BCUT2D eigenvalue weighted by molar-refractivity contribution is 9.10. The SMILES string of the molecule is COC1CCCC1NC(C)c1cc(Br)ccc1F. The fourth-order valence-electron chi connectivity index (χ4n) is 2.66. The number of nitrogens with one attached hydrogen (secondary N) is 1. The van der Waals surface area contributed by atoms with E-state index in [1.54, 1.807) is 13.2 Å². The van der Waals surface area contributed by atoms with Crippen molar-refractivity contribution < 1.29 is 9.13 Å². The first-order valence-electron chi connectivity index (χ1n) is 6.35. The van der Waals surface area contributed by atoms with Crippen LogP contribution in [0.3, 0.4) is 0 Å². The number of rotatable bonds is 4. The van der Waals surface area contributed by atoms with Gasteiger partial charge in [-0.05, 0) is 44.4 Å². The molecular formula is C14H19BrFNO. The van der Waals surface area contributed by atoms with E-state index in [1.165, 1.54) is 12.5 Å². The van der Waals surface area contributed by atoms with Gasteiger partial charge in [0.1, 0.15) is 5.82 Å². The Morgan fingerprint density at radius 1 is 1.44 bits per heavy atom. The second-order valence-electron chi connectivity index (χ2n) is 4.87.